The highest BCUT2D eigenvalue weighted by molar-refractivity contribution is 5.99. The fourth-order valence-corrected chi connectivity index (χ4v) is 4.20. The van der Waals surface area contributed by atoms with Gasteiger partial charge in [-0.15, -0.1) is 0 Å². The van der Waals surface area contributed by atoms with Crippen molar-refractivity contribution in [2.75, 3.05) is 6.61 Å². The minimum atomic E-state index is -0.364. The Morgan fingerprint density at radius 2 is 1.53 bits per heavy atom. The summed E-state index contributed by atoms with van der Waals surface area (Å²) in [6, 6.07) is 22.3. The first-order chi connectivity index (χ1) is 14.5. The van der Waals surface area contributed by atoms with Crippen LogP contribution in [-0.4, -0.2) is 22.9 Å². The van der Waals surface area contributed by atoms with Crippen LogP contribution in [0, 0.1) is 13.8 Å². The first-order valence-corrected chi connectivity index (χ1v) is 10.5. The molecule has 0 radical (unpaired) electrons. The maximum Gasteiger partial charge on any atom is 0.307 e. The molecule has 1 aliphatic carbocycles. The number of benzene rings is 2. The van der Waals surface area contributed by atoms with Crippen LogP contribution < -0.4 is 0 Å². The number of rotatable bonds is 8. The van der Waals surface area contributed by atoms with Gasteiger partial charge in [-0.25, -0.2) is 0 Å². The fraction of sp³-hybridized carbons (Fsp3) is 0.308. The van der Waals surface area contributed by atoms with Gasteiger partial charge in [0.2, 0.25) is 5.78 Å². The van der Waals surface area contributed by atoms with Crippen molar-refractivity contribution in [2.45, 2.75) is 45.1 Å². The number of Topliss-reactive ketones (excluding diaryl/α,β-unsaturated/α-hetero) is 1. The van der Waals surface area contributed by atoms with Crippen LogP contribution in [0.15, 0.2) is 66.7 Å². The molecule has 1 aromatic heterocycles. The van der Waals surface area contributed by atoms with Crippen molar-refractivity contribution in [3.8, 4) is 0 Å². The quantitative estimate of drug-likeness (QED) is 0.376. The number of aryl methyl sites for hydroxylation is 1. The maximum atomic E-state index is 12.7. The molecule has 4 rings (SSSR count). The molecule has 154 valence electrons. The molecule has 4 nitrogen and oxygen atoms in total. The van der Waals surface area contributed by atoms with Gasteiger partial charge in [-0.05, 0) is 43.9 Å². The largest absolute Gasteiger partial charge is 0.457 e. The number of esters is 1. The molecule has 2 aromatic carbocycles. The Balaban J connectivity index is 1.43. The zero-order valence-corrected chi connectivity index (χ0v) is 17.5. The zero-order valence-electron chi connectivity index (χ0n) is 17.5. The van der Waals surface area contributed by atoms with E-state index in [2.05, 4.69) is 4.57 Å². The Hall–Kier alpha value is -3.14. The van der Waals surface area contributed by atoms with Gasteiger partial charge in [0.1, 0.15) is 0 Å². The van der Waals surface area contributed by atoms with Gasteiger partial charge < -0.3 is 9.30 Å². The van der Waals surface area contributed by atoms with Crippen molar-refractivity contribution in [3.63, 3.8) is 0 Å². The second-order valence-corrected chi connectivity index (χ2v) is 8.05. The predicted octanol–water partition coefficient (Wildman–Crippen LogP) is 5.39. The summed E-state index contributed by atoms with van der Waals surface area (Å²) in [4.78, 5) is 25.3. The monoisotopic (exact) mass is 401 g/mol. The molecule has 1 aliphatic rings. The Morgan fingerprint density at radius 3 is 2.07 bits per heavy atom. The second-order valence-electron chi connectivity index (χ2n) is 8.05. The van der Waals surface area contributed by atoms with Gasteiger partial charge in [-0.2, -0.15) is 0 Å². The van der Waals surface area contributed by atoms with Crippen LogP contribution in [0.1, 0.15) is 64.1 Å². The average molecular weight is 402 g/mol. The van der Waals surface area contributed by atoms with Crippen molar-refractivity contribution >= 4 is 11.8 Å². The molecule has 1 heterocycles. The SMILES string of the molecule is Cc1cc(C(=O)COC(=O)CC(c2ccccc2)c2ccccc2)c(C)n1C1CC1. The van der Waals surface area contributed by atoms with E-state index in [4.69, 9.17) is 4.74 Å². The van der Waals surface area contributed by atoms with Crippen molar-refractivity contribution in [3.05, 3.63) is 94.8 Å². The molecule has 0 aliphatic heterocycles. The van der Waals surface area contributed by atoms with Crippen LogP contribution in [0.5, 0.6) is 0 Å². The van der Waals surface area contributed by atoms with E-state index >= 15 is 0 Å². The lowest BCUT2D eigenvalue weighted by Gasteiger charge is -2.17. The minimum absolute atomic E-state index is 0.102. The van der Waals surface area contributed by atoms with Gasteiger partial charge >= 0.3 is 5.97 Å². The normalized spacial score (nSPS) is 13.4. The summed E-state index contributed by atoms with van der Waals surface area (Å²) in [7, 11) is 0. The summed E-state index contributed by atoms with van der Waals surface area (Å²) >= 11 is 0. The topological polar surface area (TPSA) is 48.3 Å². The van der Waals surface area contributed by atoms with E-state index in [-0.39, 0.29) is 30.7 Å². The van der Waals surface area contributed by atoms with Crippen molar-refractivity contribution in [1.82, 2.24) is 4.57 Å². The van der Waals surface area contributed by atoms with Gasteiger partial charge in [-0.3, -0.25) is 9.59 Å². The molecule has 0 spiro atoms. The molecule has 0 N–H and O–H groups in total. The van der Waals surface area contributed by atoms with E-state index < -0.39 is 0 Å². The third-order valence-corrected chi connectivity index (χ3v) is 5.84. The number of carbonyl (C=O) groups excluding carboxylic acids is 2. The van der Waals surface area contributed by atoms with Crippen LogP contribution in [0.3, 0.4) is 0 Å². The lowest BCUT2D eigenvalue weighted by Crippen LogP contribution is -2.17. The van der Waals surface area contributed by atoms with Crippen LogP contribution in [0.4, 0.5) is 0 Å². The van der Waals surface area contributed by atoms with E-state index in [0.717, 1.165) is 22.5 Å². The molecule has 30 heavy (non-hydrogen) atoms. The molecule has 0 unspecified atom stereocenters. The summed E-state index contributed by atoms with van der Waals surface area (Å²) in [6.07, 6.45) is 2.53. The van der Waals surface area contributed by atoms with E-state index in [1.165, 1.54) is 12.8 Å². The molecule has 3 aromatic rings. The number of ketones is 1. The molecule has 1 saturated carbocycles. The Labute approximate surface area is 177 Å². The number of ether oxygens (including phenoxy) is 1. The number of hydrogen-bond donors (Lipinski definition) is 0. The molecular formula is C26H27NO3. The lowest BCUT2D eigenvalue weighted by molar-refractivity contribution is -0.142. The predicted molar refractivity (Wildman–Crippen MR) is 117 cm³/mol. The summed E-state index contributed by atoms with van der Waals surface area (Å²) in [5.41, 5.74) is 4.84. The standard InChI is InChI=1S/C26H27NO3/c1-18-15-23(19(2)27(18)22-13-14-22)25(28)17-30-26(29)16-24(20-9-5-3-6-10-20)21-11-7-4-8-12-21/h3-12,15,22,24H,13-14,16-17H2,1-2H3. The molecule has 0 amide bonds. The zero-order chi connectivity index (χ0) is 21.1. The average Bonchev–Trinajstić information content (AvgIpc) is 3.55. The van der Waals surface area contributed by atoms with Gasteiger partial charge in [0, 0.05) is 28.9 Å². The molecule has 0 atom stereocenters. The number of hydrogen-bond acceptors (Lipinski definition) is 3. The van der Waals surface area contributed by atoms with E-state index in [1.807, 2.05) is 80.6 Å². The smallest absolute Gasteiger partial charge is 0.307 e. The highest BCUT2D eigenvalue weighted by Gasteiger charge is 2.28. The molecule has 0 bridgehead atoms. The van der Waals surface area contributed by atoms with E-state index in [0.29, 0.717) is 11.6 Å². The molecule has 1 fully saturated rings. The van der Waals surface area contributed by atoms with E-state index in [1.54, 1.807) is 0 Å². The molecule has 0 saturated heterocycles. The second kappa shape index (κ2) is 8.70. The summed E-state index contributed by atoms with van der Waals surface area (Å²) in [5.74, 6) is -0.605. The minimum Gasteiger partial charge on any atom is -0.457 e. The number of carbonyl (C=O) groups is 2. The fourth-order valence-electron chi connectivity index (χ4n) is 4.20. The van der Waals surface area contributed by atoms with Crippen LogP contribution in [0.2, 0.25) is 0 Å². The number of nitrogens with zero attached hydrogens (tertiary/aromatic N) is 1. The summed E-state index contributed by atoms with van der Waals surface area (Å²) in [5, 5.41) is 0. The van der Waals surface area contributed by atoms with Crippen LogP contribution in [0.25, 0.3) is 0 Å². The van der Waals surface area contributed by atoms with Gasteiger partial charge in [0.05, 0.1) is 6.42 Å². The third kappa shape index (κ3) is 4.38. The summed E-state index contributed by atoms with van der Waals surface area (Å²) < 4.78 is 7.65. The lowest BCUT2D eigenvalue weighted by atomic mass is 9.89. The van der Waals surface area contributed by atoms with Crippen molar-refractivity contribution in [2.24, 2.45) is 0 Å². The first kappa shape index (κ1) is 20.1. The molecule has 4 heteroatoms. The highest BCUT2D eigenvalue weighted by atomic mass is 16.5. The van der Waals surface area contributed by atoms with Gasteiger partial charge in [0.15, 0.2) is 6.61 Å². The first-order valence-electron chi connectivity index (χ1n) is 10.5. The van der Waals surface area contributed by atoms with Crippen molar-refractivity contribution < 1.29 is 14.3 Å². The Morgan fingerprint density at radius 1 is 0.967 bits per heavy atom. The highest BCUT2D eigenvalue weighted by Crippen LogP contribution is 2.38. The third-order valence-electron chi connectivity index (χ3n) is 5.84. The van der Waals surface area contributed by atoms with Crippen LogP contribution >= 0.6 is 0 Å². The van der Waals surface area contributed by atoms with Gasteiger partial charge in [-0.1, -0.05) is 60.7 Å². The summed E-state index contributed by atoms with van der Waals surface area (Å²) in [6.45, 7) is 3.78. The van der Waals surface area contributed by atoms with Crippen LogP contribution in [-0.2, 0) is 9.53 Å². The van der Waals surface area contributed by atoms with E-state index in [9.17, 15) is 9.59 Å². The Kier molecular flexibility index (Phi) is 5.84. The molecular weight excluding hydrogens is 374 g/mol. The van der Waals surface area contributed by atoms with Crippen molar-refractivity contribution in [1.29, 1.82) is 0 Å². The maximum absolute atomic E-state index is 12.7. The van der Waals surface area contributed by atoms with Gasteiger partial charge in [0.25, 0.3) is 0 Å². The Bertz CT molecular complexity index is 993. The number of aromatic nitrogens is 1.